The maximum atomic E-state index is 11.8. The second-order valence-corrected chi connectivity index (χ2v) is 8.19. The van der Waals surface area contributed by atoms with Gasteiger partial charge in [-0.05, 0) is 31.7 Å². The van der Waals surface area contributed by atoms with Crippen LogP contribution in [0.15, 0.2) is 12.4 Å². The summed E-state index contributed by atoms with van der Waals surface area (Å²) in [5.74, 6) is 0.368. The van der Waals surface area contributed by atoms with Crippen LogP contribution in [-0.2, 0) is 16.9 Å². The van der Waals surface area contributed by atoms with Gasteiger partial charge in [0, 0.05) is 31.1 Å². The van der Waals surface area contributed by atoms with Gasteiger partial charge in [-0.2, -0.15) is 5.10 Å². The van der Waals surface area contributed by atoms with E-state index in [-0.39, 0.29) is 11.3 Å². The van der Waals surface area contributed by atoms with E-state index in [2.05, 4.69) is 17.3 Å². The van der Waals surface area contributed by atoms with Crippen LogP contribution in [0, 0.1) is 5.92 Å². The van der Waals surface area contributed by atoms with Gasteiger partial charge >= 0.3 is 0 Å². The van der Waals surface area contributed by atoms with E-state index in [1.54, 1.807) is 4.68 Å². The van der Waals surface area contributed by atoms with E-state index in [1.165, 1.54) is 6.26 Å². The molecular formula is C14H25N3O2S. The third kappa shape index (κ3) is 3.61. The molecule has 3 unspecified atom stereocenters. The highest BCUT2D eigenvalue weighted by atomic mass is 32.2. The minimum Gasteiger partial charge on any atom is -0.310 e. The fourth-order valence-electron chi connectivity index (χ4n) is 3.25. The lowest BCUT2D eigenvalue weighted by molar-refractivity contribution is 0.275. The Morgan fingerprint density at radius 2 is 2.25 bits per heavy atom. The molecule has 1 aliphatic rings. The van der Waals surface area contributed by atoms with Crippen LogP contribution >= 0.6 is 0 Å². The molecule has 1 heterocycles. The molecule has 2 rings (SSSR count). The average molecular weight is 299 g/mol. The number of nitrogens with one attached hydrogen (secondary N) is 1. The van der Waals surface area contributed by atoms with Gasteiger partial charge in [-0.25, -0.2) is 8.42 Å². The van der Waals surface area contributed by atoms with Crippen molar-refractivity contribution in [2.75, 3.05) is 12.8 Å². The Labute approximate surface area is 121 Å². The maximum absolute atomic E-state index is 11.8. The van der Waals surface area contributed by atoms with Crippen molar-refractivity contribution < 1.29 is 8.42 Å². The van der Waals surface area contributed by atoms with E-state index >= 15 is 0 Å². The smallest absolute Gasteiger partial charge is 0.150 e. The summed E-state index contributed by atoms with van der Waals surface area (Å²) in [5.41, 5.74) is 1.16. The first-order chi connectivity index (χ1) is 9.41. The lowest BCUT2D eigenvalue weighted by Crippen LogP contribution is -2.35. The number of aromatic nitrogens is 2. The van der Waals surface area contributed by atoms with Crippen LogP contribution < -0.4 is 5.32 Å². The molecule has 1 aromatic heterocycles. The Kier molecular flexibility index (Phi) is 4.86. The number of aryl methyl sites for hydroxylation is 1. The number of hydrogen-bond donors (Lipinski definition) is 1. The van der Waals surface area contributed by atoms with Gasteiger partial charge in [0.15, 0.2) is 0 Å². The lowest BCUT2D eigenvalue weighted by atomic mass is 9.81. The molecule has 1 N–H and O–H groups in total. The summed E-state index contributed by atoms with van der Waals surface area (Å²) in [4.78, 5) is 0. The second kappa shape index (κ2) is 6.26. The number of nitrogens with zero attached hydrogens (tertiary/aromatic N) is 2. The van der Waals surface area contributed by atoms with Gasteiger partial charge < -0.3 is 5.32 Å². The van der Waals surface area contributed by atoms with Gasteiger partial charge in [0.05, 0.1) is 11.4 Å². The summed E-state index contributed by atoms with van der Waals surface area (Å²) in [6.07, 6.45) is 8.91. The quantitative estimate of drug-likeness (QED) is 0.898. The Hall–Kier alpha value is -0.880. The maximum Gasteiger partial charge on any atom is 0.150 e. The van der Waals surface area contributed by atoms with Gasteiger partial charge in [0.2, 0.25) is 0 Å². The zero-order valence-corrected chi connectivity index (χ0v) is 13.4. The molecule has 1 fully saturated rings. The minimum atomic E-state index is -2.93. The molecule has 0 bridgehead atoms. The first-order valence-electron chi connectivity index (χ1n) is 7.32. The predicted molar refractivity (Wildman–Crippen MR) is 80.2 cm³/mol. The SMILES string of the molecule is CCNC(c1cnn(C)c1)C1CCCC(S(C)(=O)=O)C1. The standard InChI is InChI=1S/C14H25N3O2S/c1-4-15-14(12-9-16-17(2)10-12)11-6-5-7-13(8-11)20(3,18)19/h9-11,13-15H,4-8H2,1-3H3. The largest absolute Gasteiger partial charge is 0.310 e. The average Bonchev–Trinajstić information content (AvgIpc) is 2.81. The molecule has 0 aromatic carbocycles. The van der Waals surface area contributed by atoms with E-state index < -0.39 is 9.84 Å². The Balaban J connectivity index is 2.17. The summed E-state index contributed by atoms with van der Waals surface area (Å²) < 4.78 is 25.4. The molecule has 0 amide bonds. The van der Waals surface area contributed by atoms with E-state index in [0.717, 1.165) is 37.8 Å². The molecule has 1 saturated carbocycles. The molecule has 114 valence electrons. The van der Waals surface area contributed by atoms with Crippen molar-refractivity contribution in [2.45, 2.75) is 43.9 Å². The molecule has 1 aromatic rings. The van der Waals surface area contributed by atoms with Crippen LogP contribution in [0.5, 0.6) is 0 Å². The first kappa shape index (κ1) is 15.5. The number of rotatable bonds is 5. The van der Waals surface area contributed by atoms with Crippen LogP contribution in [0.25, 0.3) is 0 Å². The van der Waals surface area contributed by atoms with E-state index in [0.29, 0.717) is 5.92 Å². The van der Waals surface area contributed by atoms with Crippen LogP contribution in [0.2, 0.25) is 0 Å². The van der Waals surface area contributed by atoms with Crippen LogP contribution in [0.3, 0.4) is 0 Å². The molecule has 5 nitrogen and oxygen atoms in total. The fourth-order valence-corrected chi connectivity index (χ4v) is 4.44. The first-order valence-corrected chi connectivity index (χ1v) is 9.28. The fraction of sp³-hybridized carbons (Fsp3) is 0.786. The zero-order valence-electron chi connectivity index (χ0n) is 12.5. The van der Waals surface area contributed by atoms with Crippen molar-refractivity contribution >= 4 is 9.84 Å². The third-order valence-electron chi connectivity index (χ3n) is 4.25. The van der Waals surface area contributed by atoms with Gasteiger partial charge in [0.25, 0.3) is 0 Å². The van der Waals surface area contributed by atoms with Crippen LogP contribution in [0.1, 0.15) is 44.2 Å². The molecule has 0 spiro atoms. The number of hydrogen-bond acceptors (Lipinski definition) is 4. The lowest BCUT2D eigenvalue weighted by Gasteiger charge is -2.34. The molecule has 0 saturated heterocycles. The van der Waals surface area contributed by atoms with Crippen molar-refractivity contribution in [3.8, 4) is 0 Å². The Morgan fingerprint density at radius 3 is 2.80 bits per heavy atom. The molecule has 20 heavy (non-hydrogen) atoms. The van der Waals surface area contributed by atoms with Gasteiger partial charge in [-0.3, -0.25) is 4.68 Å². The molecule has 1 aliphatic carbocycles. The highest BCUT2D eigenvalue weighted by Crippen LogP contribution is 2.36. The highest BCUT2D eigenvalue weighted by molar-refractivity contribution is 7.91. The molecule has 6 heteroatoms. The van der Waals surface area contributed by atoms with E-state index in [9.17, 15) is 8.42 Å². The highest BCUT2D eigenvalue weighted by Gasteiger charge is 2.33. The summed E-state index contributed by atoms with van der Waals surface area (Å²) in [6, 6.07) is 0.207. The minimum absolute atomic E-state index is 0.181. The molecule has 3 atom stereocenters. The van der Waals surface area contributed by atoms with E-state index in [1.807, 2.05) is 19.4 Å². The summed E-state index contributed by atoms with van der Waals surface area (Å²) in [7, 11) is -1.02. The summed E-state index contributed by atoms with van der Waals surface area (Å²) in [6.45, 7) is 2.96. The third-order valence-corrected chi connectivity index (χ3v) is 5.89. The second-order valence-electron chi connectivity index (χ2n) is 5.86. The monoisotopic (exact) mass is 299 g/mol. The molecular weight excluding hydrogens is 274 g/mol. The van der Waals surface area contributed by atoms with E-state index in [4.69, 9.17) is 0 Å². The normalized spacial score (nSPS) is 25.6. The van der Waals surface area contributed by atoms with Gasteiger partial charge in [-0.1, -0.05) is 13.3 Å². The summed E-state index contributed by atoms with van der Waals surface area (Å²) >= 11 is 0. The molecule has 0 radical (unpaired) electrons. The summed E-state index contributed by atoms with van der Waals surface area (Å²) in [5, 5.41) is 7.57. The van der Waals surface area contributed by atoms with Crippen LogP contribution in [-0.4, -0.2) is 36.2 Å². The Morgan fingerprint density at radius 1 is 1.50 bits per heavy atom. The number of sulfone groups is 1. The Bertz CT molecular complexity index is 538. The van der Waals surface area contributed by atoms with Crippen LogP contribution in [0.4, 0.5) is 0 Å². The zero-order chi connectivity index (χ0) is 14.8. The topological polar surface area (TPSA) is 64.0 Å². The predicted octanol–water partition coefficient (Wildman–Crippen LogP) is 1.67. The van der Waals surface area contributed by atoms with Gasteiger partial charge in [0.1, 0.15) is 9.84 Å². The van der Waals surface area contributed by atoms with Crippen molar-refractivity contribution in [1.82, 2.24) is 15.1 Å². The van der Waals surface area contributed by atoms with Crippen molar-refractivity contribution in [3.05, 3.63) is 18.0 Å². The van der Waals surface area contributed by atoms with Gasteiger partial charge in [-0.15, -0.1) is 0 Å². The molecule has 0 aliphatic heterocycles. The van der Waals surface area contributed by atoms with Crippen molar-refractivity contribution in [3.63, 3.8) is 0 Å². The van der Waals surface area contributed by atoms with Crippen molar-refractivity contribution in [1.29, 1.82) is 0 Å². The van der Waals surface area contributed by atoms with Crippen molar-refractivity contribution in [2.24, 2.45) is 13.0 Å².